The topological polar surface area (TPSA) is 30.5 Å². The van der Waals surface area contributed by atoms with E-state index in [-0.39, 0.29) is 0 Å². The van der Waals surface area contributed by atoms with Gasteiger partial charge in [-0.25, -0.2) is 0 Å². The summed E-state index contributed by atoms with van der Waals surface area (Å²) in [7, 11) is 2.01. The van der Waals surface area contributed by atoms with Crippen molar-refractivity contribution in [2.75, 3.05) is 26.9 Å². The third kappa shape index (κ3) is 4.81. The Morgan fingerprint density at radius 2 is 2.25 bits per heavy atom. The van der Waals surface area contributed by atoms with Crippen molar-refractivity contribution in [3.05, 3.63) is 0 Å². The van der Waals surface area contributed by atoms with Crippen molar-refractivity contribution >= 4 is 0 Å². The van der Waals surface area contributed by atoms with Crippen LogP contribution in [0.15, 0.2) is 0 Å². The fourth-order valence-corrected chi connectivity index (χ4v) is 2.08. The van der Waals surface area contributed by atoms with Gasteiger partial charge in [0.25, 0.3) is 0 Å². The lowest BCUT2D eigenvalue weighted by molar-refractivity contribution is -0.0460. The normalized spacial score (nSPS) is 25.3. The predicted octanol–water partition coefficient (Wildman–Crippen LogP) is 2.21. The van der Waals surface area contributed by atoms with Crippen LogP contribution in [0.4, 0.5) is 0 Å². The molecular formula is C13H27NO2. The molecule has 0 aliphatic carbocycles. The third-order valence-electron chi connectivity index (χ3n) is 3.58. The Bertz CT molecular complexity index is 169. The van der Waals surface area contributed by atoms with E-state index in [1.165, 1.54) is 19.3 Å². The lowest BCUT2D eigenvalue weighted by Gasteiger charge is -2.25. The summed E-state index contributed by atoms with van der Waals surface area (Å²) in [5.74, 6) is 0.664. The minimum Gasteiger partial charge on any atom is -0.377 e. The maximum absolute atomic E-state index is 5.76. The van der Waals surface area contributed by atoms with Crippen LogP contribution in [0, 0.1) is 5.92 Å². The molecule has 0 radical (unpaired) electrons. The highest BCUT2D eigenvalue weighted by Gasteiger charge is 2.17. The zero-order chi connectivity index (χ0) is 11.8. The van der Waals surface area contributed by atoms with E-state index >= 15 is 0 Å². The van der Waals surface area contributed by atoms with Crippen molar-refractivity contribution in [1.29, 1.82) is 0 Å². The molecule has 1 rings (SSSR count). The van der Waals surface area contributed by atoms with Gasteiger partial charge in [-0.3, -0.25) is 0 Å². The number of hydrogen-bond acceptors (Lipinski definition) is 3. The molecule has 3 heteroatoms. The summed E-state index contributed by atoms with van der Waals surface area (Å²) < 4.78 is 11.4. The summed E-state index contributed by atoms with van der Waals surface area (Å²) in [6, 6.07) is 0.466. The summed E-state index contributed by atoms with van der Waals surface area (Å²) in [6.07, 6.45) is 5.18. The van der Waals surface area contributed by atoms with Crippen molar-refractivity contribution in [1.82, 2.24) is 5.32 Å². The molecule has 3 unspecified atom stereocenters. The first-order valence-electron chi connectivity index (χ1n) is 6.64. The first-order chi connectivity index (χ1) is 7.77. The maximum atomic E-state index is 5.76. The van der Waals surface area contributed by atoms with Gasteiger partial charge in [-0.15, -0.1) is 0 Å². The van der Waals surface area contributed by atoms with E-state index in [1.807, 2.05) is 7.05 Å². The van der Waals surface area contributed by atoms with Crippen molar-refractivity contribution in [2.45, 2.75) is 51.7 Å². The zero-order valence-corrected chi connectivity index (χ0v) is 11.0. The van der Waals surface area contributed by atoms with Gasteiger partial charge in [0, 0.05) is 12.6 Å². The Balaban J connectivity index is 2.12. The standard InChI is InChI=1S/C13H27NO2/c1-4-11(2)13(14-3)10-15-9-12-7-5-6-8-16-12/h11-14H,4-10H2,1-3H3. The lowest BCUT2D eigenvalue weighted by atomic mass is 10.0. The molecule has 1 saturated heterocycles. The molecule has 1 N–H and O–H groups in total. The molecule has 0 bridgehead atoms. The molecule has 1 aliphatic heterocycles. The van der Waals surface area contributed by atoms with E-state index in [0.29, 0.717) is 18.1 Å². The van der Waals surface area contributed by atoms with E-state index in [0.717, 1.165) is 26.2 Å². The third-order valence-corrected chi connectivity index (χ3v) is 3.58. The number of ether oxygens (including phenoxy) is 2. The van der Waals surface area contributed by atoms with Crippen LogP contribution in [0.2, 0.25) is 0 Å². The van der Waals surface area contributed by atoms with E-state index < -0.39 is 0 Å². The first kappa shape index (κ1) is 13.9. The van der Waals surface area contributed by atoms with Crippen molar-refractivity contribution in [2.24, 2.45) is 5.92 Å². The first-order valence-corrected chi connectivity index (χ1v) is 6.64. The molecule has 16 heavy (non-hydrogen) atoms. The predicted molar refractivity (Wildman–Crippen MR) is 66.7 cm³/mol. The molecule has 0 aromatic heterocycles. The molecule has 0 spiro atoms. The van der Waals surface area contributed by atoms with Gasteiger partial charge in [-0.2, -0.15) is 0 Å². The largest absolute Gasteiger partial charge is 0.377 e. The fraction of sp³-hybridized carbons (Fsp3) is 1.00. The van der Waals surface area contributed by atoms with Crippen LogP contribution in [-0.2, 0) is 9.47 Å². The second kappa shape index (κ2) is 8.04. The summed E-state index contributed by atoms with van der Waals surface area (Å²) in [4.78, 5) is 0. The highest BCUT2D eigenvalue weighted by Crippen LogP contribution is 2.13. The summed E-state index contributed by atoms with van der Waals surface area (Å²) in [5, 5.41) is 3.32. The van der Waals surface area contributed by atoms with Crippen LogP contribution in [0.3, 0.4) is 0 Å². The van der Waals surface area contributed by atoms with Gasteiger partial charge in [-0.1, -0.05) is 20.3 Å². The van der Waals surface area contributed by atoms with E-state index in [1.54, 1.807) is 0 Å². The summed E-state index contributed by atoms with van der Waals surface area (Å²) in [5.41, 5.74) is 0. The Labute approximate surface area is 99.9 Å². The molecule has 1 fully saturated rings. The molecule has 1 heterocycles. The van der Waals surface area contributed by atoms with Crippen LogP contribution >= 0.6 is 0 Å². The van der Waals surface area contributed by atoms with Gasteiger partial charge < -0.3 is 14.8 Å². The molecule has 0 aromatic rings. The summed E-state index contributed by atoms with van der Waals surface area (Å²) in [6.45, 7) is 6.95. The Hall–Kier alpha value is -0.120. The van der Waals surface area contributed by atoms with Crippen molar-refractivity contribution in [3.8, 4) is 0 Å². The van der Waals surface area contributed by atoms with Crippen LogP contribution in [0.5, 0.6) is 0 Å². The average molecular weight is 229 g/mol. The molecule has 96 valence electrons. The smallest absolute Gasteiger partial charge is 0.0808 e. The number of nitrogens with one attached hydrogen (secondary N) is 1. The van der Waals surface area contributed by atoms with E-state index in [2.05, 4.69) is 19.2 Å². The second-order valence-corrected chi connectivity index (χ2v) is 4.81. The van der Waals surface area contributed by atoms with Gasteiger partial charge in [0.15, 0.2) is 0 Å². The SMILES string of the molecule is CCC(C)C(COCC1CCCCO1)NC. The monoisotopic (exact) mass is 229 g/mol. The van der Waals surface area contributed by atoms with Gasteiger partial charge in [0.1, 0.15) is 0 Å². The van der Waals surface area contributed by atoms with Gasteiger partial charge in [-0.05, 0) is 32.2 Å². The highest BCUT2D eigenvalue weighted by molar-refractivity contribution is 4.71. The average Bonchev–Trinajstić information content (AvgIpc) is 2.35. The molecule has 0 saturated carbocycles. The minimum absolute atomic E-state index is 0.336. The second-order valence-electron chi connectivity index (χ2n) is 4.81. The van der Waals surface area contributed by atoms with E-state index in [4.69, 9.17) is 9.47 Å². The van der Waals surface area contributed by atoms with Crippen molar-refractivity contribution < 1.29 is 9.47 Å². The summed E-state index contributed by atoms with van der Waals surface area (Å²) >= 11 is 0. The molecular weight excluding hydrogens is 202 g/mol. The van der Waals surface area contributed by atoms with Crippen LogP contribution in [-0.4, -0.2) is 39.0 Å². The van der Waals surface area contributed by atoms with Gasteiger partial charge in [0.2, 0.25) is 0 Å². The number of rotatable bonds is 7. The van der Waals surface area contributed by atoms with E-state index in [9.17, 15) is 0 Å². The number of likely N-dealkylation sites (N-methyl/N-ethyl adjacent to an activating group) is 1. The minimum atomic E-state index is 0.336. The lowest BCUT2D eigenvalue weighted by Crippen LogP contribution is -2.37. The Morgan fingerprint density at radius 3 is 2.81 bits per heavy atom. The molecule has 0 amide bonds. The molecule has 1 aliphatic rings. The quantitative estimate of drug-likeness (QED) is 0.726. The maximum Gasteiger partial charge on any atom is 0.0808 e. The van der Waals surface area contributed by atoms with Crippen LogP contribution in [0.25, 0.3) is 0 Å². The fourth-order valence-electron chi connectivity index (χ4n) is 2.08. The Morgan fingerprint density at radius 1 is 1.44 bits per heavy atom. The van der Waals surface area contributed by atoms with Gasteiger partial charge in [0.05, 0.1) is 19.3 Å². The number of hydrogen-bond donors (Lipinski definition) is 1. The zero-order valence-electron chi connectivity index (χ0n) is 11.0. The van der Waals surface area contributed by atoms with Gasteiger partial charge >= 0.3 is 0 Å². The Kier molecular flexibility index (Phi) is 7.01. The van der Waals surface area contributed by atoms with Crippen LogP contribution in [0.1, 0.15) is 39.5 Å². The molecule has 3 nitrogen and oxygen atoms in total. The van der Waals surface area contributed by atoms with Crippen LogP contribution < -0.4 is 5.32 Å². The van der Waals surface area contributed by atoms with Crippen molar-refractivity contribution in [3.63, 3.8) is 0 Å². The molecule has 3 atom stereocenters. The highest BCUT2D eigenvalue weighted by atomic mass is 16.5. The molecule has 0 aromatic carbocycles.